The molecule has 0 aromatic carbocycles. The molecule has 0 fully saturated rings. The minimum Gasteiger partial charge on any atom is -0.385 e. The summed E-state index contributed by atoms with van der Waals surface area (Å²) in [5.41, 5.74) is 4.75. The van der Waals surface area contributed by atoms with E-state index in [0.29, 0.717) is 6.42 Å². The highest BCUT2D eigenvalue weighted by atomic mass is 19.1. The summed E-state index contributed by atoms with van der Waals surface area (Å²) in [5, 5.41) is 6.50. The monoisotopic (exact) mass is 104 g/mol. The quantitative estimate of drug-likeness (QED) is 0.392. The molecular formula is C4H9FN2. The van der Waals surface area contributed by atoms with Crippen LogP contribution in [0.15, 0.2) is 0 Å². The van der Waals surface area contributed by atoms with E-state index in [0.717, 1.165) is 0 Å². The van der Waals surface area contributed by atoms with Crippen molar-refractivity contribution in [2.75, 3.05) is 0 Å². The van der Waals surface area contributed by atoms with Crippen molar-refractivity contribution in [1.29, 1.82) is 5.41 Å². The second kappa shape index (κ2) is 2.55. The molecule has 1 unspecified atom stereocenters. The number of alkyl halides is 1. The molecule has 0 aliphatic heterocycles. The number of hydrogen-bond acceptors (Lipinski definition) is 1. The van der Waals surface area contributed by atoms with Crippen LogP contribution < -0.4 is 5.73 Å². The van der Waals surface area contributed by atoms with Gasteiger partial charge in [0, 0.05) is 0 Å². The average molecular weight is 104 g/mol. The molecule has 3 heteroatoms. The van der Waals surface area contributed by atoms with Crippen LogP contribution in [0.2, 0.25) is 0 Å². The number of halogens is 1. The predicted octanol–water partition coefficient (Wildman–Crippen LogP) is 0.670. The van der Waals surface area contributed by atoms with E-state index in [1.807, 2.05) is 0 Å². The number of nitrogens with two attached hydrogens (primary N) is 1. The zero-order valence-electron chi connectivity index (χ0n) is 4.24. The number of nitrogens with one attached hydrogen (secondary N) is 1. The Bertz CT molecular complexity index is 72.1. The molecule has 0 amide bonds. The van der Waals surface area contributed by atoms with Crippen molar-refractivity contribution in [2.24, 2.45) is 5.73 Å². The summed E-state index contributed by atoms with van der Waals surface area (Å²) in [4.78, 5) is 0. The Morgan fingerprint density at radius 2 is 2.43 bits per heavy atom. The summed E-state index contributed by atoms with van der Waals surface area (Å²) in [7, 11) is 0. The van der Waals surface area contributed by atoms with Gasteiger partial charge in [0.25, 0.3) is 0 Å². The third-order valence-electron chi connectivity index (χ3n) is 0.696. The first-order valence-corrected chi connectivity index (χ1v) is 2.16. The summed E-state index contributed by atoms with van der Waals surface area (Å²) < 4.78 is 11.9. The highest BCUT2D eigenvalue weighted by Crippen LogP contribution is 1.92. The van der Waals surface area contributed by atoms with Crippen molar-refractivity contribution in [3.8, 4) is 0 Å². The molecule has 0 saturated carbocycles. The first kappa shape index (κ1) is 6.40. The largest absolute Gasteiger partial charge is 0.385 e. The van der Waals surface area contributed by atoms with Gasteiger partial charge in [-0.15, -0.1) is 0 Å². The lowest BCUT2D eigenvalue weighted by atomic mass is 10.3. The van der Waals surface area contributed by atoms with Crippen LogP contribution >= 0.6 is 0 Å². The first-order valence-electron chi connectivity index (χ1n) is 2.16. The summed E-state index contributed by atoms with van der Waals surface area (Å²) in [6.45, 7) is 1.64. The summed E-state index contributed by atoms with van der Waals surface area (Å²) in [6, 6.07) is 0. The maximum atomic E-state index is 11.9. The molecule has 2 nitrogen and oxygen atoms in total. The molecule has 0 saturated heterocycles. The highest BCUT2D eigenvalue weighted by molar-refractivity contribution is 5.81. The fourth-order valence-electron chi connectivity index (χ4n) is 0.220. The second-order valence-corrected chi connectivity index (χ2v) is 1.33. The maximum Gasteiger partial charge on any atom is 0.156 e. The molecule has 1 atom stereocenters. The Kier molecular flexibility index (Phi) is 2.33. The molecule has 0 aliphatic rings. The lowest BCUT2D eigenvalue weighted by Crippen LogP contribution is -2.22. The molecule has 0 radical (unpaired) electrons. The minimum atomic E-state index is -1.24. The molecule has 0 rings (SSSR count). The SMILES string of the molecule is CCC(F)C(=N)N. The van der Waals surface area contributed by atoms with Crippen LogP contribution in [-0.4, -0.2) is 12.0 Å². The van der Waals surface area contributed by atoms with Gasteiger partial charge in [-0.3, -0.25) is 5.41 Å². The molecule has 0 spiro atoms. The zero-order valence-corrected chi connectivity index (χ0v) is 4.24. The predicted molar refractivity (Wildman–Crippen MR) is 27.1 cm³/mol. The van der Waals surface area contributed by atoms with Crippen LogP contribution in [0.25, 0.3) is 0 Å². The van der Waals surface area contributed by atoms with Gasteiger partial charge < -0.3 is 5.73 Å². The van der Waals surface area contributed by atoms with Gasteiger partial charge >= 0.3 is 0 Å². The van der Waals surface area contributed by atoms with Crippen molar-refractivity contribution >= 4 is 5.84 Å². The van der Waals surface area contributed by atoms with Crippen molar-refractivity contribution in [2.45, 2.75) is 19.5 Å². The van der Waals surface area contributed by atoms with Gasteiger partial charge in [-0.1, -0.05) is 6.92 Å². The van der Waals surface area contributed by atoms with Gasteiger partial charge in [0.05, 0.1) is 0 Å². The summed E-state index contributed by atoms with van der Waals surface area (Å²) in [5.74, 6) is -0.373. The fourth-order valence-corrected chi connectivity index (χ4v) is 0.220. The lowest BCUT2D eigenvalue weighted by molar-refractivity contribution is 0.410. The van der Waals surface area contributed by atoms with Gasteiger partial charge in [-0.2, -0.15) is 0 Å². The average Bonchev–Trinajstić information content (AvgIpc) is 1.65. The van der Waals surface area contributed by atoms with Gasteiger partial charge in [0.1, 0.15) is 5.84 Å². The van der Waals surface area contributed by atoms with Crippen LogP contribution in [0, 0.1) is 5.41 Å². The fraction of sp³-hybridized carbons (Fsp3) is 0.750. The van der Waals surface area contributed by atoms with Crippen molar-refractivity contribution < 1.29 is 4.39 Å². The first-order chi connectivity index (χ1) is 3.18. The van der Waals surface area contributed by atoms with Crippen LogP contribution in [0.4, 0.5) is 4.39 Å². The normalized spacial score (nSPS) is 13.4. The van der Waals surface area contributed by atoms with E-state index in [1.165, 1.54) is 0 Å². The molecule has 7 heavy (non-hydrogen) atoms. The van der Waals surface area contributed by atoms with E-state index >= 15 is 0 Å². The topological polar surface area (TPSA) is 49.9 Å². The molecule has 3 N–H and O–H groups in total. The number of amidine groups is 1. The highest BCUT2D eigenvalue weighted by Gasteiger charge is 2.03. The molecular weight excluding hydrogens is 95.1 g/mol. The van der Waals surface area contributed by atoms with Crippen LogP contribution in [0.1, 0.15) is 13.3 Å². The number of hydrogen-bond donors (Lipinski definition) is 2. The van der Waals surface area contributed by atoms with Crippen LogP contribution in [-0.2, 0) is 0 Å². The van der Waals surface area contributed by atoms with Gasteiger partial charge in [-0.05, 0) is 6.42 Å². The minimum absolute atomic E-state index is 0.301. The van der Waals surface area contributed by atoms with Crippen molar-refractivity contribution in [3.63, 3.8) is 0 Å². The number of rotatable bonds is 2. The van der Waals surface area contributed by atoms with Gasteiger partial charge in [0.15, 0.2) is 6.17 Å². The Balaban J connectivity index is 3.34. The molecule has 0 aromatic heterocycles. The second-order valence-electron chi connectivity index (χ2n) is 1.33. The molecule has 0 bridgehead atoms. The molecule has 0 aromatic rings. The van der Waals surface area contributed by atoms with E-state index in [2.05, 4.69) is 0 Å². The summed E-state index contributed by atoms with van der Waals surface area (Å²) >= 11 is 0. The van der Waals surface area contributed by atoms with Gasteiger partial charge in [0.2, 0.25) is 0 Å². The van der Waals surface area contributed by atoms with Gasteiger partial charge in [-0.25, -0.2) is 4.39 Å². The van der Waals surface area contributed by atoms with E-state index in [1.54, 1.807) is 6.92 Å². The van der Waals surface area contributed by atoms with Crippen molar-refractivity contribution in [3.05, 3.63) is 0 Å². The smallest absolute Gasteiger partial charge is 0.156 e. The van der Waals surface area contributed by atoms with E-state index < -0.39 is 6.17 Å². The van der Waals surface area contributed by atoms with Crippen LogP contribution in [0.3, 0.4) is 0 Å². The lowest BCUT2D eigenvalue weighted by Gasteiger charge is -1.97. The van der Waals surface area contributed by atoms with Crippen LogP contribution in [0.5, 0.6) is 0 Å². The van der Waals surface area contributed by atoms with E-state index in [9.17, 15) is 4.39 Å². The molecule has 42 valence electrons. The summed E-state index contributed by atoms with van der Waals surface area (Å²) in [6.07, 6.45) is -0.935. The Morgan fingerprint density at radius 3 is 2.43 bits per heavy atom. The third-order valence-corrected chi connectivity index (χ3v) is 0.696. The zero-order chi connectivity index (χ0) is 5.86. The van der Waals surface area contributed by atoms with E-state index in [4.69, 9.17) is 11.1 Å². The Morgan fingerprint density at radius 1 is 2.00 bits per heavy atom. The van der Waals surface area contributed by atoms with Crippen molar-refractivity contribution in [1.82, 2.24) is 0 Å². The Hall–Kier alpha value is -0.600. The Labute approximate surface area is 42.0 Å². The standard InChI is InChI=1S/C4H9FN2/c1-2-3(5)4(6)7/h3H,2H2,1H3,(H3,6,7). The molecule has 0 heterocycles. The third kappa shape index (κ3) is 2.14. The molecule has 0 aliphatic carbocycles. The maximum absolute atomic E-state index is 11.9. The van der Waals surface area contributed by atoms with E-state index in [-0.39, 0.29) is 5.84 Å².